The molecule has 2 aromatic heterocycles. The standard InChI is InChI=1S/C17H13N3O4S3/c1-24-10-5-3-4-9(8-10)15(21)20-16-18-11-6-7-12-14(13(11)25-16)26-17(19-12)27(2,22)23/h3-8H,1-2H3,(H,18,20,21). The second-order valence-electron chi connectivity index (χ2n) is 5.72. The first-order valence-corrected chi connectivity index (χ1v) is 11.2. The van der Waals surface area contributed by atoms with Crippen LogP contribution in [0.4, 0.5) is 5.13 Å². The van der Waals surface area contributed by atoms with E-state index in [1.807, 2.05) is 0 Å². The number of nitrogens with one attached hydrogen (secondary N) is 1. The van der Waals surface area contributed by atoms with Crippen molar-refractivity contribution in [1.29, 1.82) is 0 Å². The SMILES string of the molecule is COc1cccc(C(=O)Nc2nc3ccc4nc(S(C)(=O)=O)sc4c3s2)c1. The first kappa shape index (κ1) is 17.8. The topological polar surface area (TPSA) is 98.2 Å². The third-order valence-corrected chi connectivity index (χ3v) is 7.66. The van der Waals surface area contributed by atoms with Gasteiger partial charge in [-0.1, -0.05) is 17.4 Å². The Bertz CT molecular complexity index is 1290. The third kappa shape index (κ3) is 3.38. The molecular weight excluding hydrogens is 406 g/mol. The second kappa shape index (κ2) is 6.55. The summed E-state index contributed by atoms with van der Waals surface area (Å²) in [4.78, 5) is 21.1. The summed E-state index contributed by atoms with van der Waals surface area (Å²) in [5.41, 5.74) is 1.73. The summed E-state index contributed by atoms with van der Waals surface area (Å²) in [5, 5.41) is 3.21. The van der Waals surface area contributed by atoms with E-state index in [0.29, 0.717) is 27.5 Å². The van der Waals surface area contributed by atoms with Gasteiger partial charge in [0, 0.05) is 11.8 Å². The summed E-state index contributed by atoms with van der Waals surface area (Å²) in [7, 11) is -1.84. The highest BCUT2D eigenvalue weighted by molar-refractivity contribution is 7.92. The van der Waals surface area contributed by atoms with Crippen LogP contribution < -0.4 is 10.1 Å². The zero-order chi connectivity index (χ0) is 19.2. The zero-order valence-electron chi connectivity index (χ0n) is 14.2. The molecule has 0 bridgehead atoms. The number of benzene rings is 2. The van der Waals surface area contributed by atoms with Crippen molar-refractivity contribution in [2.24, 2.45) is 0 Å². The molecule has 27 heavy (non-hydrogen) atoms. The molecule has 0 aliphatic heterocycles. The van der Waals surface area contributed by atoms with Crippen LogP contribution in [0.5, 0.6) is 5.75 Å². The maximum atomic E-state index is 12.5. The van der Waals surface area contributed by atoms with Crippen LogP contribution in [0.25, 0.3) is 20.4 Å². The van der Waals surface area contributed by atoms with E-state index in [1.165, 1.54) is 18.4 Å². The van der Waals surface area contributed by atoms with Crippen molar-refractivity contribution in [3.63, 3.8) is 0 Å². The van der Waals surface area contributed by atoms with E-state index in [0.717, 1.165) is 27.0 Å². The number of ether oxygens (including phenoxy) is 1. The number of carbonyl (C=O) groups is 1. The van der Waals surface area contributed by atoms with Gasteiger partial charge in [0.25, 0.3) is 5.91 Å². The van der Waals surface area contributed by atoms with Crippen LogP contribution in [0.15, 0.2) is 40.7 Å². The predicted octanol–water partition coefficient (Wildman–Crippen LogP) is 3.57. The Morgan fingerprint density at radius 1 is 1.07 bits per heavy atom. The highest BCUT2D eigenvalue weighted by atomic mass is 32.2. The molecule has 4 rings (SSSR count). The number of hydrogen-bond acceptors (Lipinski definition) is 8. The van der Waals surface area contributed by atoms with Crippen LogP contribution >= 0.6 is 22.7 Å². The molecule has 0 aliphatic rings. The van der Waals surface area contributed by atoms with Gasteiger partial charge in [-0.25, -0.2) is 18.4 Å². The van der Waals surface area contributed by atoms with E-state index in [2.05, 4.69) is 15.3 Å². The normalized spacial score (nSPS) is 11.8. The fourth-order valence-corrected chi connectivity index (χ4v) is 5.50. The minimum absolute atomic E-state index is 0.0698. The molecule has 4 aromatic rings. The predicted molar refractivity (Wildman–Crippen MR) is 107 cm³/mol. The van der Waals surface area contributed by atoms with Crippen molar-refractivity contribution in [1.82, 2.24) is 9.97 Å². The maximum Gasteiger partial charge on any atom is 0.257 e. The fourth-order valence-electron chi connectivity index (χ4n) is 2.50. The van der Waals surface area contributed by atoms with E-state index in [-0.39, 0.29) is 10.2 Å². The number of amides is 1. The van der Waals surface area contributed by atoms with Crippen molar-refractivity contribution < 1.29 is 17.9 Å². The minimum atomic E-state index is -3.38. The lowest BCUT2D eigenvalue weighted by molar-refractivity contribution is 0.102. The number of nitrogens with zero attached hydrogens (tertiary/aromatic N) is 2. The number of fused-ring (bicyclic) bond motifs is 3. The molecule has 0 fully saturated rings. The quantitative estimate of drug-likeness (QED) is 0.543. The number of thiazole rings is 2. The van der Waals surface area contributed by atoms with E-state index in [4.69, 9.17) is 4.74 Å². The van der Waals surface area contributed by atoms with Crippen LogP contribution in [0.1, 0.15) is 10.4 Å². The van der Waals surface area contributed by atoms with Gasteiger partial charge in [0.2, 0.25) is 14.2 Å². The van der Waals surface area contributed by atoms with Crippen molar-refractivity contribution in [3.8, 4) is 5.75 Å². The lowest BCUT2D eigenvalue weighted by Gasteiger charge is -2.03. The van der Waals surface area contributed by atoms with Gasteiger partial charge >= 0.3 is 0 Å². The average molecular weight is 420 g/mol. The number of rotatable bonds is 4. The van der Waals surface area contributed by atoms with Crippen LogP contribution in [0.2, 0.25) is 0 Å². The number of methoxy groups -OCH3 is 1. The summed E-state index contributed by atoms with van der Waals surface area (Å²) in [6.07, 6.45) is 1.13. The van der Waals surface area contributed by atoms with Gasteiger partial charge in [0.15, 0.2) is 5.13 Å². The Morgan fingerprint density at radius 2 is 1.78 bits per heavy atom. The highest BCUT2D eigenvalue weighted by Crippen LogP contribution is 2.37. The summed E-state index contributed by atoms with van der Waals surface area (Å²) < 4.78 is 30.3. The van der Waals surface area contributed by atoms with Gasteiger partial charge in [0.05, 0.1) is 27.5 Å². The molecule has 2 aromatic carbocycles. The molecule has 0 radical (unpaired) electrons. The van der Waals surface area contributed by atoms with E-state index >= 15 is 0 Å². The molecule has 0 unspecified atom stereocenters. The molecule has 0 atom stereocenters. The van der Waals surface area contributed by atoms with Crippen LogP contribution in [0, 0.1) is 0 Å². The maximum absolute atomic E-state index is 12.5. The molecule has 2 heterocycles. The van der Waals surface area contributed by atoms with Crippen LogP contribution in [0.3, 0.4) is 0 Å². The Kier molecular flexibility index (Phi) is 4.33. The lowest BCUT2D eigenvalue weighted by atomic mass is 10.2. The molecule has 138 valence electrons. The first-order valence-electron chi connectivity index (χ1n) is 7.71. The Balaban J connectivity index is 1.71. The largest absolute Gasteiger partial charge is 0.497 e. The molecule has 0 saturated heterocycles. The molecule has 10 heteroatoms. The number of aromatic nitrogens is 2. The van der Waals surface area contributed by atoms with Gasteiger partial charge in [-0.15, -0.1) is 11.3 Å². The molecule has 0 aliphatic carbocycles. The van der Waals surface area contributed by atoms with Crippen molar-refractivity contribution in [2.75, 3.05) is 18.7 Å². The molecule has 0 spiro atoms. The third-order valence-electron chi connectivity index (χ3n) is 3.76. The van der Waals surface area contributed by atoms with E-state index in [1.54, 1.807) is 36.4 Å². The average Bonchev–Trinajstić information content (AvgIpc) is 3.24. The Labute approximate surface area is 162 Å². The van der Waals surface area contributed by atoms with Gasteiger partial charge in [-0.3, -0.25) is 10.1 Å². The summed E-state index contributed by atoms with van der Waals surface area (Å²) in [6, 6.07) is 10.3. The van der Waals surface area contributed by atoms with Crippen molar-refractivity contribution in [3.05, 3.63) is 42.0 Å². The van der Waals surface area contributed by atoms with Crippen LogP contribution in [-0.2, 0) is 9.84 Å². The number of carbonyl (C=O) groups excluding carboxylic acids is 1. The zero-order valence-corrected chi connectivity index (χ0v) is 16.7. The van der Waals surface area contributed by atoms with E-state index in [9.17, 15) is 13.2 Å². The fraction of sp³-hybridized carbons (Fsp3) is 0.118. The molecule has 1 N–H and O–H groups in total. The van der Waals surface area contributed by atoms with Gasteiger partial charge < -0.3 is 4.74 Å². The van der Waals surface area contributed by atoms with Crippen molar-refractivity contribution in [2.45, 2.75) is 4.34 Å². The lowest BCUT2D eigenvalue weighted by Crippen LogP contribution is -2.11. The number of hydrogen-bond donors (Lipinski definition) is 1. The van der Waals surface area contributed by atoms with Gasteiger partial charge in [-0.05, 0) is 30.3 Å². The monoisotopic (exact) mass is 419 g/mol. The molecule has 1 amide bonds. The summed E-state index contributed by atoms with van der Waals surface area (Å²) in [5.74, 6) is 0.289. The molecule has 7 nitrogen and oxygen atoms in total. The minimum Gasteiger partial charge on any atom is -0.497 e. The molecular formula is C17H13N3O4S3. The van der Waals surface area contributed by atoms with Gasteiger partial charge in [0.1, 0.15) is 5.75 Å². The summed E-state index contributed by atoms with van der Waals surface area (Å²) in [6.45, 7) is 0. The number of anilines is 1. The summed E-state index contributed by atoms with van der Waals surface area (Å²) >= 11 is 2.39. The smallest absolute Gasteiger partial charge is 0.257 e. The Hall–Kier alpha value is -2.56. The number of sulfone groups is 1. The van der Waals surface area contributed by atoms with E-state index < -0.39 is 9.84 Å². The second-order valence-corrected chi connectivity index (χ2v) is 9.91. The molecule has 0 saturated carbocycles. The van der Waals surface area contributed by atoms with Gasteiger partial charge in [-0.2, -0.15) is 0 Å². The van der Waals surface area contributed by atoms with Crippen molar-refractivity contribution >= 4 is 64.0 Å². The highest BCUT2D eigenvalue weighted by Gasteiger charge is 2.18. The van der Waals surface area contributed by atoms with Crippen LogP contribution in [-0.4, -0.2) is 37.7 Å². The first-order chi connectivity index (χ1) is 12.8. The Morgan fingerprint density at radius 3 is 2.48 bits per heavy atom.